The van der Waals surface area contributed by atoms with Crippen molar-refractivity contribution in [3.8, 4) is 11.3 Å². The molecule has 3 rings (SSSR count). The maximum Gasteiger partial charge on any atom is 0.305 e. The first kappa shape index (κ1) is 20.8. The number of esters is 1. The van der Waals surface area contributed by atoms with E-state index in [9.17, 15) is 9.59 Å². The van der Waals surface area contributed by atoms with Gasteiger partial charge in [-0.1, -0.05) is 66.4 Å². The lowest BCUT2D eigenvalue weighted by molar-refractivity contribution is -0.143. The highest BCUT2D eigenvalue weighted by molar-refractivity contribution is 8.00. The zero-order valence-corrected chi connectivity index (χ0v) is 17.1. The van der Waals surface area contributed by atoms with Crippen molar-refractivity contribution in [1.82, 2.24) is 15.5 Å². The number of aromatic nitrogens is 2. The van der Waals surface area contributed by atoms with Crippen molar-refractivity contribution < 1.29 is 14.3 Å². The van der Waals surface area contributed by atoms with Gasteiger partial charge in [-0.3, -0.25) is 9.59 Å². The number of nitrogens with zero attached hydrogens (tertiary/aromatic N) is 2. The maximum atomic E-state index is 12.1. The van der Waals surface area contributed by atoms with E-state index in [2.05, 4.69) is 15.5 Å². The van der Waals surface area contributed by atoms with Crippen molar-refractivity contribution in [1.29, 1.82) is 0 Å². The number of fused-ring (bicyclic) bond motifs is 1. The van der Waals surface area contributed by atoms with E-state index >= 15 is 0 Å². The molecule has 0 saturated heterocycles. The van der Waals surface area contributed by atoms with Crippen LogP contribution < -0.4 is 5.32 Å². The molecule has 1 amide bonds. The van der Waals surface area contributed by atoms with Gasteiger partial charge >= 0.3 is 5.97 Å². The quantitative estimate of drug-likeness (QED) is 0.328. The van der Waals surface area contributed by atoms with Gasteiger partial charge in [0, 0.05) is 29.3 Å². The Morgan fingerprint density at radius 1 is 1.00 bits per heavy atom. The Hall–Kier alpha value is -2.93. The molecule has 0 saturated carbocycles. The van der Waals surface area contributed by atoms with Gasteiger partial charge in [0.2, 0.25) is 5.91 Å². The minimum atomic E-state index is -0.239. The fourth-order valence-corrected chi connectivity index (χ4v) is 3.68. The van der Waals surface area contributed by atoms with E-state index in [0.717, 1.165) is 27.1 Å². The van der Waals surface area contributed by atoms with Crippen LogP contribution in [-0.2, 0) is 14.3 Å². The second-order valence-corrected chi connectivity index (χ2v) is 7.28. The molecule has 0 aliphatic heterocycles. The van der Waals surface area contributed by atoms with Gasteiger partial charge in [-0.25, -0.2) is 0 Å². The van der Waals surface area contributed by atoms with Crippen molar-refractivity contribution >= 4 is 34.4 Å². The molecule has 0 bridgehead atoms. The van der Waals surface area contributed by atoms with Crippen molar-refractivity contribution in [2.24, 2.45) is 0 Å². The highest BCUT2D eigenvalue weighted by atomic mass is 32.2. The number of benzene rings is 2. The monoisotopic (exact) mass is 409 g/mol. The molecule has 2 aromatic carbocycles. The van der Waals surface area contributed by atoms with E-state index in [1.165, 1.54) is 11.8 Å². The Morgan fingerprint density at radius 2 is 1.72 bits per heavy atom. The predicted octanol–water partition coefficient (Wildman–Crippen LogP) is 3.85. The lowest BCUT2D eigenvalue weighted by Crippen LogP contribution is -2.26. The zero-order valence-electron chi connectivity index (χ0n) is 16.3. The summed E-state index contributed by atoms with van der Waals surface area (Å²) in [6.45, 7) is 2.59. The van der Waals surface area contributed by atoms with E-state index in [0.29, 0.717) is 26.0 Å². The fraction of sp³-hybridized carbons (Fsp3) is 0.273. The fourth-order valence-electron chi connectivity index (χ4n) is 2.87. The summed E-state index contributed by atoms with van der Waals surface area (Å²) in [5.74, 6) is -0.101. The van der Waals surface area contributed by atoms with Crippen LogP contribution in [0.1, 0.15) is 19.8 Å². The topological polar surface area (TPSA) is 81.2 Å². The molecule has 0 spiro atoms. The molecule has 6 nitrogen and oxygen atoms in total. The molecular weight excluding hydrogens is 386 g/mol. The molecule has 0 radical (unpaired) electrons. The Labute approximate surface area is 174 Å². The standard InChI is InChI=1S/C22H23N3O3S/c1-2-28-20(27)13-8-14-23-19(26)15-29-22-18-12-7-6-11-17(18)21(24-25-22)16-9-4-3-5-10-16/h3-7,9-12H,2,8,13-15H2,1H3,(H,23,26). The van der Waals surface area contributed by atoms with Crippen LogP contribution in [0.4, 0.5) is 0 Å². The number of hydrogen-bond acceptors (Lipinski definition) is 6. The Balaban J connectivity index is 1.61. The van der Waals surface area contributed by atoms with Crippen LogP contribution in [0.3, 0.4) is 0 Å². The smallest absolute Gasteiger partial charge is 0.305 e. The van der Waals surface area contributed by atoms with E-state index in [1.807, 2.05) is 54.6 Å². The molecule has 0 unspecified atom stereocenters. The van der Waals surface area contributed by atoms with E-state index in [4.69, 9.17) is 4.74 Å². The van der Waals surface area contributed by atoms with Crippen molar-refractivity contribution in [2.45, 2.75) is 24.8 Å². The molecule has 1 aromatic heterocycles. The Bertz CT molecular complexity index is 979. The SMILES string of the molecule is CCOC(=O)CCCNC(=O)CSc1nnc(-c2ccccc2)c2ccccc12. The molecule has 29 heavy (non-hydrogen) atoms. The third-order valence-electron chi connectivity index (χ3n) is 4.23. The van der Waals surface area contributed by atoms with Crippen molar-refractivity contribution in [2.75, 3.05) is 18.9 Å². The van der Waals surface area contributed by atoms with Gasteiger partial charge in [-0.2, -0.15) is 0 Å². The highest BCUT2D eigenvalue weighted by Gasteiger charge is 2.12. The number of carbonyl (C=O) groups is 2. The first-order valence-corrected chi connectivity index (χ1v) is 10.5. The van der Waals surface area contributed by atoms with Gasteiger partial charge in [0.15, 0.2) is 0 Å². The number of nitrogens with one attached hydrogen (secondary N) is 1. The normalized spacial score (nSPS) is 10.7. The minimum absolute atomic E-state index is 0.100. The van der Waals surface area contributed by atoms with Crippen molar-refractivity contribution in [3.63, 3.8) is 0 Å². The van der Waals surface area contributed by atoms with Crippen LogP contribution in [0, 0.1) is 0 Å². The Morgan fingerprint density at radius 3 is 2.48 bits per heavy atom. The van der Waals surface area contributed by atoms with Gasteiger partial charge in [0.05, 0.1) is 12.4 Å². The molecule has 1 N–H and O–H groups in total. The highest BCUT2D eigenvalue weighted by Crippen LogP contribution is 2.31. The van der Waals surface area contributed by atoms with E-state index < -0.39 is 0 Å². The van der Waals surface area contributed by atoms with E-state index in [-0.39, 0.29) is 17.6 Å². The number of thioether (sulfide) groups is 1. The number of hydrogen-bond donors (Lipinski definition) is 1. The molecule has 150 valence electrons. The summed E-state index contributed by atoms with van der Waals surface area (Å²) in [6, 6.07) is 17.9. The summed E-state index contributed by atoms with van der Waals surface area (Å²) in [5.41, 5.74) is 1.83. The zero-order chi connectivity index (χ0) is 20.5. The second kappa shape index (κ2) is 10.6. The molecule has 0 fully saturated rings. The lowest BCUT2D eigenvalue weighted by Gasteiger charge is -2.09. The van der Waals surface area contributed by atoms with Crippen LogP contribution in [0.15, 0.2) is 59.6 Å². The van der Waals surface area contributed by atoms with Crippen LogP contribution in [0.5, 0.6) is 0 Å². The largest absolute Gasteiger partial charge is 0.466 e. The second-order valence-electron chi connectivity index (χ2n) is 6.31. The molecule has 0 aliphatic carbocycles. The first-order chi connectivity index (χ1) is 14.2. The molecule has 0 atom stereocenters. The molecule has 7 heteroatoms. The van der Waals surface area contributed by atoms with Crippen LogP contribution in [0.2, 0.25) is 0 Å². The molecule has 1 heterocycles. The maximum absolute atomic E-state index is 12.1. The lowest BCUT2D eigenvalue weighted by atomic mass is 10.1. The third-order valence-corrected chi connectivity index (χ3v) is 5.21. The summed E-state index contributed by atoms with van der Waals surface area (Å²) < 4.78 is 4.87. The summed E-state index contributed by atoms with van der Waals surface area (Å²) in [5, 5.41) is 14.3. The number of carbonyl (C=O) groups excluding carboxylic acids is 2. The van der Waals surface area contributed by atoms with Gasteiger partial charge in [-0.05, 0) is 13.3 Å². The summed E-state index contributed by atoms with van der Waals surface area (Å²) in [6.07, 6.45) is 0.863. The molecule has 0 aliphatic rings. The van der Waals surface area contributed by atoms with Crippen LogP contribution >= 0.6 is 11.8 Å². The summed E-state index contributed by atoms with van der Waals surface area (Å²) >= 11 is 1.36. The number of rotatable bonds is 9. The number of ether oxygens (including phenoxy) is 1. The van der Waals surface area contributed by atoms with Gasteiger partial charge < -0.3 is 10.1 Å². The molecular formula is C22H23N3O3S. The predicted molar refractivity (Wildman–Crippen MR) is 115 cm³/mol. The average Bonchev–Trinajstić information content (AvgIpc) is 2.76. The summed E-state index contributed by atoms with van der Waals surface area (Å²) in [4.78, 5) is 23.4. The van der Waals surface area contributed by atoms with Gasteiger partial charge in [0.1, 0.15) is 10.7 Å². The van der Waals surface area contributed by atoms with Crippen LogP contribution in [0.25, 0.3) is 22.0 Å². The van der Waals surface area contributed by atoms with Crippen molar-refractivity contribution in [3.05, 3.63) is 54.6 Å². The molecule has 3 aromatic rings. The Kier molecular flexibility index (Phi) is 7.58. The van der Waals surface area contributed by atoms with Gasteiger partial charge in [-0.15, -0.1) is 10.2 Å². The average molecular weight is 410 g/mol. The third kappa shape index (κ3) is 5.77. The van der Waals surface area contributed by atoms with Crippen LogP contribution in [-0.4, -0.2) is 41.0 Å². The number of amides is 1. The van der Waals surface area contributed by atoms with E-state index in [1.54, 1.807) is 6.92 Å². The first-order valence-electron chi connectivity index (χ1n) is 9.55. The van der Waals surface area contributed by atoms with Gasteiger partial charge in [0.25, 0.3) is 0 Å². The summed E-state index contributed by atoms with van der Waals surface area (Å²) in [7, 11) is 0. The minimum Gasteiger partial charge on any atom is -0.466 e.